The predicted molar refractivity (Wildman–Crippen MR) is 121 cm³/mol. The maximum absolute atomic E-state index is 13.4. The standard InChI is InChI=1S/C22H24ClN5O5/c1-25-19-18(20(30)26(2)22(25)31)28(21(23)24-19)12-17(29)27-8-3-5-14(27)13-6-7-15-16(11-13)33-10-4-9-32-15/h6-7,11,14H,3-5,8-10,12H2,1-2H3. The third-order valence-electron chi connectivity index (χ3n) is 6.32. The van der Waals surface area contributed by atoms with Crippen molar-refractivity contribution in [2.45, 2.75) is 31.8 Å². The van der Waals surface area contributed by atoms with Crippen molar-refractivity contribution in [1.29, 1.82) is 0 Å². The molecule has 10 nitrogen and oxygen atoms in total. The normalized spacial score (nSPS) is 18.0. The molecule has 33 heavy (non-hydrogen) atoms. The highest BCUT2D eigenvalue weighted by Crippen LogP contribution is 2.38. The number of benzene rings is 1. The second-order valence-corrected chi connectivity index (χ2v) is 8.68. The van der Waals surface area contributed by atoms with Crippen LogP contribution in [0.1, 0.15) is 30.9 Å². The summed E-state index contributed by atoms with van der Waals surface area (Å²) < 4.78 is 15.1. The van der Waals surface area contributed by atoms with Gasteiger partial charge < -0.3 is 14.4 Å². The number of carbonyl (C=O) groups is 1. The number of aromatic nitrogens is 4. The van der Waals surface area contributed by atoms with Gasteiger partial charge in [0.15, 0.2) is 22.7 Å². The van der Waals surface area contributed by atoms with Crippen molar-refractivity contribution >= 4 is 28.7 Å². The van der Waals surface area contributed by atoms with E-state index in [0.717, 1.165) is 29.4 Å². The number of rotatable bonds is 3. The Morgan fingerprint density at radius 1 is 1.12 bits per heavy atom. The molecule has 2 aliphatic heterocycles. The zero-order valence-corrected chi connectivity index (χ0v) is 19.2. The van der Waals surface area contributed by atoms with Gasteiger partial charge in [0, 0.05) is 27.1 Å². The Hall–Kier alpha value is -3.27. The molecule has 174 valence electrons. The van der Waals surface area contributed by atoms with Crippen molar-refractivity contribution in [3.05, 3.63) is 49.9 Å². The number of amides is 1. The van der Waals surface area contributed by atoms with Crippen LogP contribution < -0.4 is 20.7 Å². The number of ether oxygens (including phenoxy) is 2. The lowest BCUT2D eigenvalue weighted by atomic mass is 10.0. The summed E-state index contributed by atoms with van der Waals surface area (Å²) >= 11 is 6.30. The monoisotopic (exact) mass is 473 g/mol. The molecule has 0 bridgehead atoms. The van der Waals surface area contributed by atoms with E-state index >= 15 is 0 Å². The number of aryl methyl sites for hydroxylation is 1. The van der Waals surface area contributed by atoms with Gasteiger partial charge in [0.2, 0.25) is 11.2 Å². The number of fused-ring (bicyclic) bond motifs is 2. The minimum Gasteiger partial charge on any atom is -0.490 e. The van der Waals surface area contributed by atoms with Crippen molar-refractivity contribution in [3.63, 3.8) is 0 Å². The average molecular weight is 474 g/mol. The number of imidazole rings is 1. The van der Waals surface area contributed by atoms with E-state index in [1.165, 1.54) is 23.2 Å². The molecule has 0 radical (unpaired) electrons. The van der Waals surface area contributed by atoms with E-state index in [1.807, 2.05) is 18.2 Å². The quantitative estimate of drug-likeness (QED) is 0.536. The third kappa shape index (κ3) is 3.58. The smallest absolute Gasteiger partial charge is 0.332 e. The molecule has 1 amide bonds. The van der Waals surface area contributed by atoms with Crippen molar-refractivity contribution < 1.29 is 14.3 Å². The van der Waals surface area contributed by atoms with Crippen LogP contribution in [0.15, 0.2) is 27.8 Å². The van der Waals surface area contributed by atoms with Gasteiger partial charge in [-0.3, -0.25) is 23.3 Å². The van der Waals surface area contributed by atoms with E-state index in [9.17, 15) is 14.4 Å². The maximum atomic E-state index is 13.4. The first-order chi connectivity index (χ1) is 15.9. The van der Waals surface area contributed by atoms with Gasteiger partial charge in [0.05, 0.1) is 19.3 Å². The molecule has 1 fully saturated rings. The number of carbonyl (C=O) groups excluding carboxylic acids is 1. The lowest BCUT2D eigenvalue weighted by Crippen LogP contribution is -2.38. The Balaban J connectivity index is 1.47. The van der Waals surface area contributed by atoms with Gasteiger partial charge in [-0.25, -0.2) is 4.79 Å². The van der Waals surface area contributed by atoms with E-state index in [2.05, 4.69) is 4.98 Å². The molecule has 0 aliphatic carbocycles. The second kappa shape index (κ2) is 8.26. The van der Waals surface area contributed by atoms with Gasteiger partial charge in [-0.2, -0.15) is 4.98 Å². The van der Waals surface area contributed by atoms with Crippen LogP contribution in [0.3, 0.4) is 0 Å². The van der Waals surface area contributed by atoms with Gasteiger partial charge >= 0.3 is 5.69 Å². The largest absolute Gasteiger partial charge is 0.490 e. The summed E-state index contributed by atoms with van der Waals surface area (Å²) in [5.41, 5.74) is 0.214. The molecule has 2 aromatic heterocycles. The highest BCUT2D eigenvalue weighted by atomic mass is 35.5. The molecule has 1 aromatic carbocycles. The molecule has 0 N–H and O–H groups in total. The number of halogens is 1. The Labute approximate surface area is 193 Å². The van der Waals surface area contributed by atoms with E-state index in [0.29, 0.717) is 31.3 Å². The van der Waals surface area contributed by atoms with Gasteiger partial charge in [-0.15, -0.1) is 0 Å². The fourth-order valence-electron chi connectivity index (χ4n) is 4.59. The summed E-state index contributed by atoms with van der Waals surface area (Å²) in [5, 5.41) is -0.0111. The van der Waals surface area contributed by atoms with Crippen molar-refractivity contribution in [2.24, 2.45) is 14.1 Å². The summed E-state index contributed by atoms with van der Waals surface area (Å²) in [5.74, 6) is 1.23. The molecule has 5 rings (SSSR count). The van der Waals surface area contributed by atoms with Crippen molar-refractivity contribution in [3.8, 4) is 11.5 Å². The van der Waals surface area contributed by atoms with Crippen LogP contribution in [0.5, 0.6) is 11.5 Å². The predicted octanol–water partition coefficient (Wildman–Crippen LogP) is 1.61. The minimum atomic E-state index is -0.541. The van der Waals surface area contributed by atoms with E-state index in [1.54, 1.807) is 4.90 Å². The molecule has 0 spiro atoms. The van der Waals surface area contributed by atoms with Crippen LogP contribution in [0.2, 0.25) is 5.28 Å². The fraction of sp³-hybridized carbons (Fsp3) is 0.455. The summed E-state index contributed by atoms with van der Waals surface area (Å²) in [6, 6.07) is 5.69. The zero-order valence-electron chi connectivity index (χ0n) is 18.4. The SMILES string of the molecule is Cn1c(=O)c2c(nc(Cl)n2CC(=O)N2CCCC2c2ccc3c(c2)OCCCO3)n(C)c1=O. The van der Waals surface area contributed by atoms with Crippen molar-refractivity contribution in [1.82, 2.24) is 23.6 Å². The van der Waals surface area contributed by atoms with E-state index in [-0.39, 0.29) is 34.9 Å². The molecule has 1 atom stereocenters. The van der Waals surface area contributed by atoms with E-state index in [4.69, 9.17) is 21.1 Å². The summed E-state index contributed by atoms with van der Waals surface area (Å²) in [6.45, 7) is 1.65. The number of likely N-dealkylation sites (tertiary alicyclic amines) is 1. The summed E-state index contributed by atoms with van der Waals surface area (Å²) in [4.78, 5) is 44.3. The lowest BCUT2D eigenvalue weighted by molar-refractivity contribution is -0.132. The Kier molecular flexibility index (Phi) is 5.40. The molecule has 3 aromatic rings. The van der Waals surface area contributed by atoms with Gasteiger partial charge in [-0.05, 0) is 42.1 Å². The maximum Gasteiger partial charge on any atom is 0.332 e. The highest BCUT2D eigenvalue weighted by Gasteiger charge is 2.32. The first-order valence-electron chi connectivity index (χ1n) is 10.9. The second-order valence-electron chi connectivity index (χ2n) is 8.35. The van der Waals surface area contributed by atoms with Gasteiger partial charge in [0.25, 0.3) is 5.56 Å². The van der Waals surface area contributed by atoms with Crippen LogP contribution in [0.25, 0.3) is 11.2 Å². The van der Waals surface area contributed by atoms with Crippen LogP contribution in [-0.2, 0) is 25.4 Å². The summed E-state index contributed by atoms with van der Waals surface area (Å²) in [7, 11) is 2.90. The van der Waals surface area contributed by atoms with E-state index < -0.39 is 11.2 Å². The fourth-order valence-corrected chi connectivity index (χ4v) is 4.81. The van der Waals surface area contributed by atoms with Crippen LogP contribution in [0.4, 0.5) is 0 Å². The molecule has 11 heteroatoms. The molecular formula is C22H24ClN5O5. The Morgan fingerprint density at radius 3 is 2.67 bits per heavy atom. The number of hydrogen-bond acceptors (Lipinski definition) is 6. The van der Waals surface area contributed by atoms with Crippen LogP contribution in [-0.4, -0.2) is 49.3 Å². The third-order valence-corrected chi connectivity index (χ3v) is 6.61. The van der Waals surface area contributed by atoms with Gasteiger partial charge in [0.1, 0.15) is 6.54 Å². The first-order valence-corrected chi connectivity index (χ1v) is 11.3. The highest BCUT2D eigenvalue weighted by molar-refractivity contribution is 6.29. The average Bonchev–Trinajstić information content (AvgIpc) is 3.34. The molecule has 4 heterocycles. The molecule has 1 unspecified atom stereocenters. The summed E-state index contributed by atoms with van der Waals surface area (Å²) in [6.07, 6.45) is 2.50. The number of nitrogens with zero attached hydrogens (tertiary/aromatic N) is 5. The number of hydrogen-bond donors (Lipinski definition) is 0. The first kappa shape index (κ1) is 21.6. The van der Waals surface area contributed by atoms with Crippen LogP contribution >= 0.6 is 11.6 Å². The Bertz CT molecular complexity index is 1370. The molecule has 0 saturated carbocycles. The zero-order chi connectivity index (χ0) is 23.3. The Morgan fingerprint density at radius 2 is 1.88 bits per heavy atom. The van der Waals surface area contributed by atoms with Crippen LogP contribution in [0, 0.1) is 0 Å². The molecular weight excluding hydrogens is 450 g/mol. The van der Waals surface area contributed by atoms with Gasteiger partial charge in [-0.1, -0.05) is 6.07 Å². The minimum absolute atomic E-state index is 0.0111. The molecule has 2 aliphatic rings. The molecule has 1 saturated heterocycles. The topological polar surface area (TPSA) is 101 Å². The van der Waals surface area contributed by atoms with Crippen molar-refractivity contribution in [2.75, 3.05) is 19.8 Å². The lowest BCUT2D eigenvalue weighted by Gasteiger charge is -2.26.